The maximum absolute atomic E-state index is 5.66. The summed E-state index contributed by atoms with van der Waals surface area (Å²) in [5.74, 6) is 1.07. The highest BCUT2D eigenvalue weighted by molar-refractivity contribution is 5.06. The Morgan fingerprint density at radius 3 is 2.67 bits per heavy atom. The van der Waals surface area contributed by atoms with Gasteiger partial charge in [-0.1, -0.05) is 0 Å². The fourth-order valence-electron chi connectivity index (χ4n) is 3.15. The van der Waals surface area contributed by atoms with Crippen molar-refractivity contribution in [1.82, 2.24) is 10.2 Å². The monoisotopic (exact) mass is 294 g/mol. The van der Waals surface area contributed by atoms with Crippen molar-refractivity contribution >= 4 is 0 Å². The standard InChI is InChI=1S/C17H30N2O2/c1-14(12-17(2,3)20-4)18-13-15(16-8-7-11-21-16)19-9-5-6-10-19/h7-8,11,14-15,18H,5-6,9-10,12-13H2,1-4H3. The second-order valence-corrected chi connectivity index (χ2v) is 6.75. The molecule has 2 rings (SSSR count). The molecule has 0 aliphatic carbocycles. The van der Waals surface area contributed by atoms with Crippen molar-refractivity contribution in [2.24, 2.45) is 0 Å². The summed E-state index contributed by atoms with van der Waals surface area (Å²) in [6, 6.07) is 4.83. The number of rotatable bonds is 8. The Kier molecular flexibility index (Phi) is 5.85. The van der Waals surface area contributed by atoms with Crippen LogP contribution >= 0.6 is 0 Å². The van der Waals surface area contributed by atoms with Gasteiger partial charge in [0.05, 0.1) is 17.9 Å². The van der Waals surface area contributed by atoms with Crippen LogP contribution in [0.15, 0.2) is 22.8 Å². The SMILES string of the molecule is COC(C)(C)CC(C)NCC(c1ccco1)N1CCCC1. The molecule has 0 radical (unpaired) electrons. The summed E-state index contributed by atoms with van der Waals surface area (Å²) in [6.45, 7) is 9.76. The van der Waals surface area contributed by atoms with Crippen LogP contribution in [0.25, 0.3) is 0 Å². The predicted molar refractivity (Wildman–Crippen MR) is 85.4 cm³/mol. The molecule has 2 atom stereocenters. The molecule has 21 heavy (non-hydrogen) atoms. The summed E-state index contributed by atoms with van der Waals surface area (Å²) in [4.78, 5) is 2.53. The van der Waals surface area contributed by atoms with E-state index < -0.39 is 0 Å². The molecule has 2 heterocycles. The topological polar surface area (TPSA) is 37.6 Å². The van der Waals surface area contributed by atoms with E-state index in [1.165, 1.54) is 25.9 Å². The van der Waals surface area contributed by atoms with Crippen LogP contribution in [-0.2, 0) is 4.74 Å². The number of furan rings is 1. The van der Waals surface area contributed by atoms with E-state index in [4.69, 9.17) is 9.15 Å². The minimum Gasteiger partial charge on any atom is -0.468 e. The van der Waals surface area contributed by atoms with Gasteiger partial charge in [-0.2, -0.15) is 0 Å². The summed E-state index contributed by atoms with van der Waals surface area (Å²) in [5, 5.41) is 3.66. The molecule has 1 aliphatic heterocycles. The molecule has 1 aromatic heterocycles. The Morgan fingerprint density at radius 2 is 2.10 bits per heavy atom. The van der Waals surface area contributed by atoms with E-state index in [9.17, 15) is 0 Å². The number of hydrogen-bond donors (Lipinski definition) is 1. The third-order valence-corrected chi connectivity index (χ3v) is 4.46. The molecule has 1 N–H and O–H groups in total. The van der Waals surface area contributed by atoms with Gasteiger partial charge in [0.1, 0.15) is 5.76 Å². The Balaban J connectivity index is 1.90. The van der Waals surface area contributed by atoms with Gasteiger partial charge in [-0.3, -0.25) is 4.90 Å². The molecule has 120 valence electrons. The molecule has 1 fully saturated rings. The lowest BCUT2D eigenvalue weighted by atomic mass is 9.99. The van der Waals surface area contributed by atoms with Gasteiger partial charge >= 0.3 is 0 Å². The number of nitrogens with zero attached hydrogens (tertiary/aromatic N) is 1. The van der Waals surface area contributed by atoms with E-state index in [0.29, 0.717) is 12.1 Å². The summed E-state index contributed by atoms with van der Waals surface area (Å²) < 4.78 is 11.2. The van der Waals surface area contributed by atoms with Gasteiger partial charge in [-0.15, -0.1) is 0 Å². The first-order chi connectivity index (χ1) is 10.0. The molecule has 0 bridgehead atoms. The molecule has 4 heteroatoms. The summed E-state index contributed by atoms with van der Waals surface area (Å²) in [7, 11) is 1.78. The summed E-state index contributed by atoms with van der Waals surface area (Å²) >= 11 is 0. The number of methoxy groups -OCH3 is 1. The zero-order chi connectivity index (χ0) is 15.3. The van der Waals surface area contributed by atoms with Crippen molar-refractivity contribution in [3.8, 4) is 0 Å². The fraction of sp³-hybridized carbons (Fsp3) is 0.765. The first-order valence-corrected chi connectivity index (χ1v) is 8.08. The van der Waals surface area contributed by atoms with Crippen molar-refractivity contribution < 1.29 is 9.15 Å². The molecule has 2 unspecified atom stereocenters. The van der Waals surface area contributed by atoms with Crippen LogP contribution in [0, 0.1) is 0 Å². The minimum atomic E-state index is -0.0831. The van der Waals surface area contributed by atoms with E-state index in [2.05, 4.69) is 37.1 Å². The van der Waals surface area contributed by atoms with Crippen LogP contribution in [0.5, 0.6) is 0 Å². The van der Waals surface area contributed by atoms with Crippen molar-refractivity contribution in [3.63, 3.8) is 0 Å². The van der Waals surface area contributed by atoms with Gasteiger partial charge < -0.3 is 14.5 Å². The molecule has 0 aromatic carbocycles. The zero-order valence-electron chi connectivity index (χ0n) is 13.9. The Morgan fingerprint density at radius 1 is 1.38 bits per heavy atom. The Hall–Kier alpha value is -0.840. The quantitative estimate of drug-likeness (QED) is 0.799. The molecule has 1 aliphatic rings. The van der Waals surface area contributed by atoms with Crippen LogP contribution in [0.2, 0.25) is 0 Å². The highest BCUT2D eigenvalue weighted by Gasteiger charge is 2.27. The summed E-state index contributed by atoms with van der Waals surface area (Å²) in [6.07, 6.45) is 5.36. The van der Waals surface area contributed by atoms with E-state index in [-0.39, 0.29) is 5.60 Å². The van der Waals surface area contributed by atoms with E-state index in [1.54, 1.807) is 13.4 Å². The van der Waals surface area contributed by atoms with Crippen molar-refractivity contribution in [2.45, 2.75) is 57.7 Å². The average molecular weight is 294 g/mol. The normalized spacial score (nSPS) is 19.8. The maximum atomic E-state index is 5.66. The van der Waals surface area contributed by atoms with Crippen LogP contribution in [0.3, 0.4) is 0 Å². The Bertz CT molecular complexity index is 397. The molecule has 0 amide bonds. The van der Waals surface area contributed by atoms with Gasteiger partial charge in [-0.05, 0) is 65.3 Å². The van der Waals surface area contributed by atoms with Crippen molar-refractivity contribution in [1.29, 1.82) is 0 Å². The minimum absolute atomic E-state index is 0.0831. The van der Waals surface area contributed by atoms with Gasteiger partial charge in [0.15, 0.2) is 0 Å². The van der Waals surface area contributed by atoms with E-state index in [0.717, 1.165) is 18.7 Å². The predicted octanol–water partition coefficient (Wildman–Crippen LogP) is 3.21. The van der Waals surface area contributed by atoms with E-state index >= 15 is 0 Å². The molecule has 4 nitrogen and oxygen atoms in total. The highest BCUT2D eigenvalue weighted by Crippen LogP contribution is 2.25. The van der Waals surface area contributed by atoms with Crippen molar-refractivity contribution in [2.75, 3.05) is 26.7 Å². The third-order valence-electron chi connectivity index (χ3n) is 4.46. The lowest BCUT2D eigenvalue weighted by Crippen LogP contribution is -2.40. The summed E-state index contributed by atoms with van der Waals surface area (Å²) in [5.41, 5.74) is -0.0831. The first-order valence-electron chi connectivity index (χ1n) is 8.08. The van der Waals surface area contributed by atoms with Crippen LogP contribution in [0.1, 0.15) is 51.8 Å². The molecule has 0 saturated carbocycles. The molecular weight excluding hydrogens is 264 g/mol. The second kappa shape index (κ2) is 7.43. The van der Waals surface area contributed by atoms with Gasteiger partial charge in [0, 0.05) is 19.7 Å². The van der Waals surface area contributed by atoms with Gasteiger partial charge in [-0.25, -0.2) is 0 Å². The Labute approximate surface area is 128 Å². The highest BCUT2D eigenvalue weighted by atomic mass is 16.5. The average Bonchev–Trinajstić information content (AvgIpc) is 3.11. The van der Waals surface area contributed by atoms with Crippen LogP contribution < -0.4 is 5.32 Å². The number of likely N-dealkylation sites (tertiary alicyclic amines) is 1. The molecule has 1 aromatic rings. The van der Waals surface area contributed by atoms with Gasteiger partial charge in [0.2, 0.25) is 0 Å². The molecule has 1 saturated heterocycles. The molecule has 0 spiro atoms. The van der Waals surface area contributed by atoms with Crippen LogP contribution in [-0.4, -0.2) is 43.3 Å². The lowest BCUT2D eigenvalue weighted by molar-refractivity contribution is 0.00797. The van der Waals surface area contributed by atoms with Crippen LogP contribution in [0.4, 0.5) is 0 Å². The smallest absolute Gasteiger partial charge is 0.122 e. The number of ether oxygens (including phenoxy) is 1. The second-order valence-electron chi connectivity index (χ2n) is 6.75. The number of nitrogens with one attached hydrogen (secondary N) is 1. The third kappa shape index (κ3) is 4.83. The zero-order valence-corrected chi connectivity index (χ0v) is 13.9. The maximum Gasteiger partial charge on any atom is 0.122 e. The van der Waals surface area contributed by atoms with E-state index in [1.807, 2.05) is 6.07 Å². The molecular formula is C17H30N2O2. The van der Waals surface area contributed by atoms with Crippen molar-refractivity contribution in [3.05, 3.63) is 24.2 Å². The fourth-order valence-corrected chi connectivity index (χ4v) is 3.15. The lowest BCUT2D eigenvalue weighted by Gasteiger charge is -2.30. The number of hydrogen-bond acceptors (Lipinski definition) is 4. The first kappa shape index (κ1) is 16.5. The largest absolute Gasteiger partial charge is 0.468 e. The van der Waals surface area contributed by atoms with Gasteiger partial charge in [0.25, 0.3) is 0 Å².